The number of carbonyl (C=O) groups excluding carboxylic acids is 1. The zero-order valence-corrected chi connectivity index (χ0v) is 16.7. The van der Waals surface area contributed by atoms with Crippen LogP contribution in [0.15, 0.2) is 75.2 Å². The largest absolute Gasteiger partial charge is 0.324 e. The Kier molecular flexibility index (Phi) is 5.65. The van der Waals surface area contributed by atoms with Gasteiger partial charge in [0.2, 0.25) is 15.7 Å². The van der Waals surface area contributed by atoms with E-state index in [1.54, 1.807) is 38.1 Å². The highest BCUT2D eigenvalue weighted by molar-refractivity contribution is 7.91. The van der Waals surface area contributed by atoms with Crippen molar-refractivity contribution in [3.63, 3.8) is 0 Å². The summed E-state index contributed by atoms with van der Waals surface area (Å²) in [4.78, 5) is 25.0. The first kappa shape index (κ1) is 20.5. The number of aromatic nitrogens is 1. The van der Waals surface area contributed by atoms with Gasteiger partial charge in [-0.05, 0) is 55.8 Å². The summed E-state index contributed by atoms with van der Waals surface area (Å²) in [7, 11) is -4.05. The van der Waals surface area contributed by atoms with E-state index in [0.717, 1.165) is 10.6 Å². The van der Waals surface area contributed by atoms with Crippen molar-refractivity contribution >= 4 is 21.4 Å². The van der Waals surface area contributed by atoms with Gasteiger partial charge in [-0.2, -0.15) is 0 Å². The van der Waals surface area contributed by atoms with Gasteiger partial charge in [-0.15, -0.1) is 0 Å². The summed E-state index contributed by atoms with van der Waals surface area (Å²) in [6.07, 6.45) is 0. The first-order valence-electron chi connectivity index (χ1n) is 8.77. The molecule has 1 amide bonds. The van der Waals surface area contributed by atoms with E-state index in [1.807, 2.05) is 0 Å². The van der Waals surface area contributed by atoms with E-state index in [0.29, 0.717) is 11.3 Å². The number of hydrogen-bond donors (Lipinski definition) is 1. The molecule has 0 bridgehead atoms. The van der Waals surface area contributed by atoms with Crippen LogP contribution in [0.2, 0.25) is 0 Å². The van der Waals surface area contributed by atoms with E-state index in [1.165, 1.54) is 30.3 Å². The maximum Gasteiger partial charge on any atom is 0.270 e. The highest BCUT2D eigenvalue weighted by atomic mass is 32.2. The Hall–Kier alpha value is -3.26. The topological polar surface area (TPSA) is 85.2 Å². The van der Waals surface area contributed by atoms with Crippen molar-refractivity contribution in [1.82, 2.24) is 4.57 Å². The summed E-state index contributed by atoms with van der Waals surface area (Å²) in [5, 5.41) is 2.50. The van der Waals surface area contributed by atoms with E-state index in [9.17, 15) is 22.4 Å². The second-order valence-corrected chi connectivity index (χ2v) is 8.45. The van der Waals surface area contributed by atoms with Gasteiger partial charge in [0, 0.05) is 11.4 Å². The van der Waals surface area contributed by atoms with Crippen LogP contribution in [0.1, 0.15) is 11.3 Å². The van der Waals surface area contributed by atoms with Gasteiger partial charge in [0.1, 0.15) is 17.3 Å². The fraction of sp³-hybridized carbons (Fsp3) is 0.143. The third-order valence-electron chi connectivity index (χ3n) is 4.38. The number of amides is 1. The van der Waals surface area contributed by atoms with E-state index in [-0.39, 0.29) is 15.5 Å². The number of hydrogen-bond acceptors (Lipinski definition) is 4. The molecule has 6 nitrogen and oxygen atoms in total. The molecule has 0 fully saturated rings. The summed E-state index contributed by atoms with van der Waals surface area (Å²) in [6.45, 7) is 2.75. The van der Waals surface area contributed by atoms with Crippen molar-refractivity contribution in [3.05, 3.63) is 88.1 Å². The van der Waals surface area contributed by atoms with Crippen LogP contribution < -0.4 is 10.9 Å². The Morgan fingerprint density at radius 2 is 1.72 bits per heavy atom. The molecular weight excluding hydrogens is 395 g/mol. The highest BCUT2D eigenvalue weighted by Crippen LogP contribution is 2.21. The molecule has 29 heavy (non-hydrogen) atoms. The quantitative estimate of drug-likeness (QED) is 0.695. The van der Waals surface area contributed by atoms with Crippen LogP contribution in [0.25, 0.3) is 0 Å². The molecule has 3 rings (SSSR count). The normalized spacial score (nSPS) is 11.3. The molecule has 0 saturated carbocycles. The van der Waals surface area contributed by atoms with Crippen molar-refractivity contribution in [3.8, 4) is 0 Å². The molecule has 1 N–H and O–H groups in total. The summed E-state index contributed by atoms with van der Waals surface area (Å²) in [5.74, 6) is -1.09. The Morgan fingerprint density at radius 1 is 1.03 bits per heavy atom. The molecule has 0 aliphatic heterocycles. The standard InChI is InChI=1S/C21H19FN2O4S/c1-14-11-15(2)24(13-19(25)23-17-8-6-7-16(22)12-17)21(26)20(14)29(27,28)18-9-4-3-5-10-18/h3-12H,13H2,1-2H3,(H,23,25). The van der Waals surface area contributed by atoms with Crippen molar-refractivity contribution in [1.29, 1.82) is 0 Å². The minimum atomic E-state index is -4.05. The average molecular weight is 414 g/mol. The van der Waals surface area contributed by atoms with Gasteiger partial charge in [0.25, 0.3) is 5.56 Å². The molecule has 0 aliphatic carbocycles. The first-order valence-corrected chi connectivity index (χ1v) is 10.2. The molecule has 1 heterocycles. The summed E-state index contributed by atoms with van der Waals surface area (Å²) < 4.78 is 40.4. The van der Waals surface area contributed by atoms with Crippen LogP contribution in [-0.4, -0.2) is 18.9 Å². The summed E-state index contributed by atoms with van der Waals surface area (Å²) in [6, 6.07) is 14.5. The van der Waals surface area contributed by atoms with E-state index in [2.05, 4.69) is 5.32 Å². The van der Waals surface area contributed by atoms with E-state index < -0.39 is 33.7 Å². The number of pyridine rings is 1. The minimum absolute atomic E-state index is 0.000171. The lowest BCUT2D eigenvalue weighted by molar-refractivity contribution is -0.116. The van der Waals surface area contributed by atoms with Crippen molar-refractivity contribution in [2.45, 2.75) is 30.2 Å². The number of benzene rings is 2. The third-order valence-corrected chi connectivity index (χ3v) is 6.31. The van der Waals surface area contributed by atoms with Crippen LogP contribution in [0, 0.1) is 19.7 Å². The molecule has 0 aliphatic rings. The van der Waals surface area contributed by atoms with Gasteiger partial charge in [-0.1, -0.05) is 24.3 Å². The van der Waals surface area contributed by atoms with E-state index >= 15 is 0 Å². The Bertz CT molecular complexity index is 1240. The lowest BCUT2D eigenvalue weighted by atomic mass is 10.2. The van der Waals surface area contributed by atoms with Gasteiger partial charge in [0.15, 0.2) is 0 Å². The number of halogens is 1. The van der Waals surface area contributed by atoms with Gasteiger partial charge >= 0.3 is 0 Å². The third kappa shape index (κ3) is 4.27. The predicted molar refractivity (Wildman–Crippen MR) is 107 cm³/mol. The zero-order valence-electron chi connectivity index (χ0n) is 15.8. The molecule has 0 radical (unpaired) electrons. The number of rotatable bonds is 5. The SMILES string of the molecule is Cc1cc(C)n(CC(=O)Nc2cccc(F)c2)c(=O)c1S(=O)(=O)c1ccccc1. The molecule has 0 atom stereocenters. The maximum absolute atomic E-state index is 13.3. The van der Waals surface area contributed by atoms with Crippen molar-refractivity contribution < 1.29 is 17.6 Å². The molecule has 1 aromatic heterocycles. The maximum atomic E-state index is 13.3. The van der Waals surface area contributed by atoms with E-state index in [4.69, 9.17) is 0 Å². The highest BCUT2D eigenvalue weighted by Gasteiger charge is 2.26. The van der Waals surface area contributed by atoms with Gasteiger partial charge in [-0.3, -0.25) is 9.59 Å². The monoisotopic (exact) mass is 414 g/mol. The lowest BCUT2D eigenvalue weighted by Gasteiger charge is -2.15. The lowest BCUT2D eigenvalue weighted by Crippen LogP contribution is -2.33. The molecule has 8 heteroatoms. The molecular formula is C21H19FN2O4S. The molecule has 0 spiro atoms. The van der Waals surface area contributed by atoms with Gasteiger partial charge in [-0.25, -0.2) is 12.8 Å². The summed E-state index contributed by atoms with van der Waals surface area (Å²) >= 11 is 0. The Balaban J connectivity index is 2.00. The van der Waals surface area contributed by atoms with Crippen LogP contribution in [0.5, 0.6) is 0 Å². The number of aryl methyl sites for hydroxylation is 2. The fourth-order valence-electron chi connectivity index (χ4n) is 3.06. The molecule has 2 aromatic carbocycles. The molecule has 0 unspecified atom stereocenters. The predicted octanol–water partition coefficient (Wildman–Crippen LogP) is 3.08. The number of nitrogens with zero attached hydrogens (tertiary/aromatic N) is 1. The molecule has 3 aromatic rings. The second kappa shape index (κ2) is 8.00. The smallest absolute Gasteiger partial charge is 0.270 e. The Morgan fingerprint density at radius 3 is 2.38 bits per heavy atom. The van der Waals surface area contributed by atoms with Crippen LogP contribution in [0.3, 0.4) is 0 Å². The first-order chi connectivity index (χ1) is 13.7. The zero-order chi connectivity index (χ0) is 21.2. The molecule has 0 saturated heterocycles. The average Bonchev–Trinajstić information content (AvgIpc) is 2.65. The van der Waals surface area contributed by atoms with Crippen LogP contribution >= 0.6 is 0 Å². The Labute approximate surface area is 167 Å². The van der Waals surface area contributed by atoms with Crippen LogP contribution in [-0.2, 0) is 21.2 Å². The van der Waals surface area contributed by atoms with Crippen LogP contribution in [0.4, 0.5) is 10.1 Å². The fourth-order valence-corrected chi connectivity index (χ4v) is 4.63. The minimum Gasteiger partial charge on any atom is -0.324 e. The number of carbonyl (C=O) groups is 1. The number of nitrogens with one attached hydrogen (secondary N) is 1. The van der Waals surface area contributed by atoms with Gasteiger partial charge in [0.05, 0.1) is 4.90 Å². The molecule has 150 valence electrons. The summed E-state index contributed by atoms with van der Waals surface area (Å²) in [5.41, 5.74) is 0.206. The number of anilines is 1. The van der Waals surface area contributed by atoms with Crippen molar-refractivity contribution in [2.75, 3.05) is 5.32 Å². The number of sulfone groups is 1. The van der Waals surface area contributed by atoms with Crippen molar-refractivity contribution in [2.24, 2.45) is 0 Å². The second-order valence-electron chi connectivity index (χ2n) is 6.56. The van der Waals surface area contributed by atoms with Gasteiger partial charge < -0.3 is 9.88 Å².